The highest BCUT2D eigenvalue weighted by Gasteiger charge is 2.19. The van der Waals surface area contributed by atoms with E-state index < -0.39 is 5.97 Å². The summed E-state index contributed by atoms with van der Waals surface area (Å²) >= 11 is 2.09. The summed E-state index contributed by atoms with van der Waals surface area (Å²) in [4.78, 5) is 11.8. The van der Waals surface area contributed by atoms with Crippen molar-refractivity contribution in [2.75, 3.05) is 7.11 Å². The van der Waals surface area contributed by atoms with Crippen LogP contribution in [0, 0.1) is 3.57 Å². The van der Waals surface area contributed by atoms with Gasteiger partial charge in [-0.2, -0.15) is 0 Å². The van der Waals surface area contributed by atoms with Gasteiger partial charge < -0.3 is 14.9 Å². The lowest BCUT2D eigenvalue weighted by Crippen LogP contribution is -2.00. The second kappa shape index (κ2) is 6.74. The third kappa shape index (κ3) is 2.88. The third-order valence-corrected chi connectivity index (χ3v) is 5.47. The van der Waals surface area contributed by atoms with Crippen LogP contribution in [-0.2, 0) is 4.74 Å². The van der Waals surface area contributed by atoms with Crippen molar-refractivity contribution in [1.82, 2.24) is 0 Å². The van der Waals surface area contributed by atoms with Gasteiger partial charge in [0.25, 0.3) is 0 Å². The number of rotatable bonds is 2. The fourth-order valence-corrected chi connectivity index (χ4v) is 3.99. The molecule has 0 aliphatic carbocycles. The lowest BCUT2D eigenvalue weighted by molar-refractivity contribution is 0.0601. The molecule has 27 heavy (non-hydrogen) atoms. The zero-order valence-corrected chi connectivity index (χ0v) is 16.5. The van der Waals surface area contributed by atoms with Crippen LogP contribution in [0.5, 0.6) is 11.5 Å². The van der Waals surface area contributed by atoms with Gasteiger partial charge in [-0.1, -0.05) is 36.4 Å². The number of ether oxygens (including phenoxy) is 1. The second-order valence-electron chi connectivity index (χ2n) is 6.19. The van der Waals surface area contributed by atoms with Crippen molar-refractivity contribution in [3.8, 4) is 22.6 Å². The SMILES string of the molecule is COC(=O)c1ccc2c(-c3c(O)c(I)cc4ccccc34)c(O)ccc2c1. The number of fused-ring (bicyclic) bond motifs is 2. The number of hydrogen-bond donors (Lipinski definition) is 2. The van der Waals surface area contributed by atoms with Gasteiger partial charge >= 0.3 is 5.97 Å². The molecule has 0 spiro atoms. The Morgan fingerprint density at radius 2 is 1.59 bits per heavy atom. The molecule has 5 heteroatoms. The Hall–Kier alpha value is -2.80. The Morgan fingerprint density at radius 3 is 2.37 bits per heavy atom. The first-order valence-electron chi connectivity index (χ1n) is 8.26. The molecule has 0 radical (unpaired) electrons. The highest BCUT2D eigenvalue weighted by molar-refractivity contribution is 14.1. The molecule has 4 aromatic carbocycles. The average molecular weight is 470 g/mol. The van der Waals surface area contributed by atoms with Gasteiger partial charge in [-0.15, -0.1) is 0 Å². The van der Waals surface area contributed by atoms with Crippen LogP contribution in [0.25, 0.3) is 32.7 Å². The Morgan fingerprint density at radius 1 is 0.889 bits per heavy atom. The van der Waals surface area contributed by atoms with Crippen LogP contribution in [0.3, 0.4) is 0 Å². The number of aromatic hydroxyl groups is 2. The number of esters is 1. The lowest BCUT2D eigenvalue weighted by Gasteiger charge is -2.15. The van der Waals surface area contributed by atoms with Crippen molar-refractivity contribution >= 4 is 50.1 Å². The largest absolute Gasteiger partial charge is 0.507 e. The van der Waals surface area contributed by atoms with E-state index in [-0.39, 0.29) is 11.5 Å². The molecule has 4 nitrogen and oxygen atoms in total. The third-order valence-electron chi connectivity index (χ3n) is 4.64. The Bertz CT molecular complexity index is 1210. The Balaban J connectivity index is 2.11. The van der Waals surface area contributed by atoms with Crippen LogP contribution in [0.15, 0.2) is 60.7 Å². The van der Waals surface area contributed by atoms with Gasteiger partial charge in [-0.25, -0.2) is 4.79 Å². The molecule has 2 N–H and O–H groups in total. The van der Waals surface area contributed by atoms with E-state index in [1.165, 1.54) is 7.11 Å². The number of carbonyl (C=O) groups excluding carboxylic acids is 1. The van der Waals surface area contributed by atoms with Gasteiger partial charge in [-0.05, 0) is 68.4 Å². The van der Waals surface area contributed by atoms with Crippen molar-refractivity contribution < 1.29 is 19.7 Å². The molecule has 134 valence electrons. The molecule has 4 aromatic rings. The van der Waals surface area contributed by atoms with E-state index in [1.807, 2.05) is 30.3 Å². The zero-order chi connectivity index (χ0) is 19.1. The van der Waals surface area contributed by atoms with Crippen molar-refractivity contribution in [1.29, 1.82) is 0 Å². The predicted molar refractivity (Wildman–Crippen MR) is 114 cm³/mol. The van der Waals surface area contributed by atoms with Gasteiger partial charge in [0.2, 0.25) is 0 Å². The first kappa shape index (κ1) is 17.6. The summed E-state index contributed by atoms with van der Waals surface area (Å²) in [6, 6.07) is 18.1. The predicted octanol–water partition coefficient (Wildman–Crippen LogP) is 5.46. The molecule has 0 unspecified atom stereocenters. The second-order valence-corrected chi connectivity index (χ2v) is 7.35. The standard InChI is InChI=1S/C22H15IO4/c1-27-22(26)14-6-8-16-13(10-14)7-9-18(24)19(16)20-15-5-3-2-4-12(15)11-17(23)21(20)25/h2-11,24-25H,1H3. The summed E-state index contributed by atoms with van der Waals surface area (Å²) in [7, 11) is 1.34. The summed E-state index contributed by atoms with van der Waals surface area (Å²) in [6.45, 7) is 0. The minimum absolute atomic E-state index is 0.0655. The monoisotopic (exact) mass is 470 g/mol. The van der Waals surface area contributed by atoms with Crippen LogP contribution in [0.4, 0.5) is 0 Å². The molecule has 0 aliphatic rings. The first-order chi connectivity index (χ1) is 13.0. The number of hydrogen-bond acceptors (Lipinski definition) is 4. The maximum Gasteiger partial charge on any atom is 0.337 e. The minimum atomic E-state index is -0.422. The lowest BCUT2D eigenvalue weighted by atomic mass is 9.91. The normalized spacial score (nSPS) is 11.0. The fourth-order valence-electron chi connectivity index (χ4n) is 3.38. The highest BCUT2D eigenvalue weighted by Crippen LogP contribution is 2.46. The van der Waals surface area contributed by atoms with E-state index in [0.29, 0.717) is 20.3 Å². The molecule has 0 atom stereocenters. The maximum absolute atomic E-state index is 11.8. The average Bonchev–Trinajstić information content (AvgIpc) is 2.69. The van der Waals surface area contributed by atoms with E-state index in [2.05, 4.69) is 22.6 Å². The Labute approximate surface area is 169 Å². The quantitative estimate of drug-likeness (QED) is 0.302. The molecular formula is C22H15IO4. The number of carbonyl (C=O) groups is 1. The summed E-state index contributed by atoms with van der Waals surface area (Å²) in [6.07, 6.45) is 0. The van der Waals surface area contributed by atoms with Crippen molar-refractivity contribution in [3.05, 3.63) is 69.8 Å². The molecule has 0 bridgehead atoms. The summed E-state index contributed by atoms with van der Waals surface area (Å²) < 4.78 is 5.49. The van der Waals surface area contributed by atoms with E-state index in [0.717, 1.165) is 21.5 Å². The molecule has 0 amide bonds. The van der Waals surface area contributed by atoms with Gasteiger partial charge in [0.15, 0.2) is 0 Å². The van der Waals surface area contributed by atoms with Gasteiger partial charge in [0.1, 0.15) is 11.5 Å². The first-order valence-corrected chi connectivity index (χ1v) is 9.33. The van der Waals surface area contributed by atoms with Crippen LogP contribution >= 0.6 is 22.6 Å². The molecule has 0 heterocycles. The van der Waals surface area contributed by atoms with Gasteiger partial charge in [-0.3, -0.25) is 0 Å². The van der Waals surface area contributed by atoms with E-state index in [9.17, 15) is 15.0 Å². The summed E-state index contributed by atoms with van der Waals surface area (Å²) in [5, 5.41) is 24.8. The van der Waals surface area contributed by atoms with Gasteiger partial charge in [0, 0.05) is 11.1 Å². The number of halogens is 1. The number of phenolic OH excluding ortho intramolecular Hbond substituents is 2. The number of phenols is 2. The smallest absolute Gasteiger partial charge is 0.337 e. The number of methoxy groups -OCH3 is 1. The fraction of sp³-hybridized carbons (Fsp3) is 0.0455. The maximum atomic E-state index is 11.8. The Kier molecular flexibility index (Phi) is 4.39. The molecule has 0 fully saturated rings. The topological polar surface area (TPSA) is 66.8 Å². The summed E-state index contributed by atoms with van der Waals surface area (Å²) in [5.74, 6) is -0.237. The molecule has 4 rings (SSSR count). The minimum Gasteiger partial charge on any atom is -0.507 e. The molecule has 0 aliphatic heterocycles. The van der Waals surface area contributed by atoms with E-state index in [4.69, 9.17) is 4.74 Å². The van der Waals surface area contributed by atoms with Crippen molar-refractivity contribution in [2.45, 2.75) is 0 Å². The van der Waals surface area contributed by atoms with Crippen LogP contribution < -0.4 is 0 Å². The highest BCUT2D eigenvalue weighted by atomic mass is 127. The molecule has 0 aromatic heterocycles. The molecular weight excluding hydrogens is 455 g/mol. The van der Waals surface area contributed by atoms with Crippen LogP contribution in [-0.4, -0.2) is 23.3 Å². The van der Waals surface area contributed by atoms with E-state index >= 15 is 0 Å². The van der Waals surface area contributed by atoms with Crippen molar-refractivity contribution in [3.63, 3.8) is 0 Å². The zero-order valence-electron chi connectivity index (χ0n) is 14.4. The van der Waals surface area contributed by atoms with E-state index in [1.54, 1.807) is 30.3 Å². The van der Waals surface area contributed by atoms with Crippen LogP contribution in [0.2, 0.25) is 0 Å². The molecule has 0 saturated heterocycles. The molecule has 0 saturated carbocycles. The summed E-state index contributed by atoms with van der Waals surface area (Å²) in [5.41, 5.74) is 1.54. The number of benzene rings is 4. The van der Waals surface area contributed by atoms with Crippen LogP contribution in [0.1, 0.15) is 10.4 Å². The van der Waals surface area contributed by atoms with Gasteiger partial charge in [0.05, 0.1) is 16.2 Å². The van der Waals surface area contributed by atoms with Crippen molar-refractivity contribution in [2.24, 2.45) is 0 Å².